The second-order valence-corrected chi connectivity index (χ2v) is 18.5. The highest BCUT2D eigenvalue weighted by molar-refractivity contribution is 5.71. The Morgan fingerprint density at radius 1 is 0.313 bits per heavy atom. The van der Waals surface area contributed by atoms with Crippen molar-refractivity contribution in [3.8, 4) is 0 Å². The third-order valence-corrected chi connectivity index (χ3v) is 11.9. The van der Waals surface area contributed by atoms with Crippen molar-refractivity contribution in [1.29, 1.82) is 0 Å². The monoisotopic (exact) mass is 933 g/mol. The maximum atomic E-state index is 12.8. The fourth-order valence-corrected chi connectivity index (χ4v) is 7.72. The lowest BCUT2D eigenvalue weighted by Crippen LogP contribution is -2.30. The van der Waals surface area contributed by atoms with Crippen LogP contribution in [0.1, 0.15) is 265 Å². The molecule has 0 aliphatic rings. The molecule has 1 atom stereocenters. The average molecular weight is 933 g/mol. The van der Waals surface area contributed by atoms with E-state index in [2.05, 4.69) is 106 Å². The van der Waals surface area contributed by atoms with E-state index in [1.54, 1.807) is 0 Å². The van der Waals surface area contributed by atoms with Crippen molar-refractivity contribution in [2.45, 2.75) is 271 Å². The van der Waals surface area contributed by atoms with Gasteiger partial charge in [0.1, 0.15) is 13.2 Å². The highest BCUT2D eigenvalue weighted by Gasteiger charge is 2.19. The van der Waals surface area contributed by atoms with Gasteiger partial charge < -0.3 is 14.2 Å². The number of allylic oxidation sites excluding steroid dienone is 14. The number of carbonyl (C=O) groups is 3. The summed E-state index contributed by atoms with van der Waals surface area (Å²) in [7, 11) is 0. The molecule has 384 valence electrons. The summed E-state index contributed by atoms with van der Waals surface area (Å²) < 4.78 is 16.7. The average Bonchev–Trinajstić information content (AvgIpc) is 3.33. The van der Waals surface area contributed by atoms with Gasteiger partial charge in [-0.25, -0.2) is 0 Å². The highest BCUT2D eigenvalue weighted by atomic mass is 16.6. The molecule has 0 aromatic carbocycles. The molecule has 6 nitrogen and oxygen atoms in total. The quantitative estimate of drug-likeness (QED) is 0.0262. The third-order valence-electron chi connectivity index (χ3n) is 11.9. The second kappa shape index (κ2) is 55.2. The molecule has 0 aromatic heterocycles. The Hall–Kier alpha value is -3.41. The predicted molar refractivity (Wildman–Crippen MR) is 288 cm³/mol. The summed E-state index contributed by atoms with van der Waals surface area (Å²) in [5.41, 5.74) is 0. The third kappa shape index (κ3) is 53.4. The zero-order valence-electron chi connectivity index (χ0n) is 43.9. The summed E-state index contributed by atoms with van der Waals surface area (Å²) in [5, 5.41) is 0. The number of hydrogen-bond acceptors (Lipinski definition) is 6. The van der Waals surface area contributed by atoms with Crippen molar-refractivity contribution < 1.29 is 28.6 Å². The van der Waals surface area contributed by atoms with Crippen LogP contribution in [0.4, 0.5) is 0 Å². The molecular weight excluding hydrogens is 829 g/mol. The van der Waals surface area contributed by atoms with Gasteiger partial charge in [0.15, 0.2) is 6.10 Å². The van der Waals surface area contributed by atoms with E-state index >= 15 is 0 Å². The van der Waals surface area contributed by atoms with Crippen LogP contribution in [-0.2, 0) is 28.6 Å². The lowest BCUT2D eigenvalue weighted by atomic mass is 10.0. The van der Waals surface area contributed by atoms with Crippen LogP contribution in [-0.4, -0.2) is 37.2 Å². The van der Waals surface area contributed by atoms with Gasteiger partial charge in [-0.2, -0.15) is 0 Å². The van der Waals surface area contributed by atoms with Crippen molar-refractivity contribution in [2.75, 3.05) is 13.2 Å². The zero-order valence-corrected chi connectivity index (χ0v) is 43.9. The molecule has 0 spiro atoms. The Labute approximate surface area is 414 Å². The minimum atomic E-state index is -0.785. The summed E-state index contributed by atoms with van der Waals surface area (Å²) in [6, 6.07) is 0. The lowest BCUT2D eigenvalue weighted by molar-refractivity contribution is -0.167. The molecule has 0 aliphatic carbocycles. The first-order chi connectivity index (χ1) is 33.0. The van der Waals surface area contributed by atoms with E-state index in [-0.39, 0.29) is 31.1 Å². The fraction of sp³-hybridized carbons (Fsp3) is 0.721. The van der Waals surface area contributed by atoms with Crippen molar-refractivity contribution >= 4 is 17.9 Å². The summed E-state index contributed by atoms with van der Waals surface area (Å²) >= 11 is 0. The van der Waals surface area contributed by atoms with E-state index in [9.17, 15) is 14.4 Å². The molecule has 67 heavy (non-hydrogen) atoms. The molecule has 0 N–H and O–H groups in total. The van der Waals surface area contributed by atoms with Crippen LogP contribution in [0.5, 0.6) is 0 Å². The smallest absolute Gasteiger partial charge is 0.306 e. The van der Waals surface area contributed by atoms with Gasteiger partial charge in [0.25, 0.3) is 0 Å². The van der Waals surface area contributed by atoms with E-state index in [1.165, 1.54) is 116 Å². The van der Waals surface area contributed by atoms with Crippen molar-refractivity contribution in [3.05, 3.63) is 85.1 Å². The highest BCUT2D eigenvalue weighted by Crippen LogP contribution is 2.16. The molecule has 6 heteroatoms. The molecule has 0 rings (SSSR count). The van der Waals surface area contributed by atoms with Gasteiger partial charge in [0.05, 0.1) is 0 Å². The first kappa shape index (κ1) is 63.6. The molecule has 0 fully saturated rings. The van der Waals surface area contributed by atoms with E-state index in [0.29, 0.717) is 19.3 Å². The van der Waals surface area contributed by atoms with Gasteiger partial charge in [-0.05, 0) is 77.0 Å². The van der Waals surface area contributed by atoms with E-state index < -0.39 is 6.10 Å². The van der Waals surface area contributed by atoms with Crippen LogP contribution in [0.3, 0.4) is 0 Å². The Morgan fingerprint density at radius 2 is 0.582 bits per heavy atom. The van der Waals surface area contributed by atoms with Crippen LogP contribution >= 0.6 is 0 Å². The molecule has 0 bridgehead atoms. The van der Waals surface area contributed by atoms with Crippen molar-refractivity contribution in [2.24, 2.45) is 0 Å². The zero-order chi connectivity index (χ0) is 48.6. The summed E-state index contributed by atoms with van der Waals surface area (Å²) in [4.78, 5) is 37.8. The summed E-state index contributed by atoms with van der Waals surface area (Å²) in [6.45, 7) is 6.45. The summed E-state index contributed by atoms with van der Waals surface area (Å²) in [6.07, 6.45) is 71.7. The van der Waals surface area contributed by atoms with E-state index in [1.807, 2.05) is 0 Å². The Kier molecular flexibility index (Phi) is 52.4. The predicted octanol–water partition coefficient (Wildman–Crippen LogP) is 18.8. The first-order valence-electron chi connectivity index (χ1n) is 28.1. The molecule has 1 unspecified atom stereocenters. The van der Waals surface area contributed by atoms with Crippen LogP contribution in [0.25, 0.3) is 0 Å². The van der Waals surface area contributed by atoms with Gasteiger partial charge in [0.2, 0.25) is 0 Å². The molecule has 0 heterocycles. The molecule has 0 radical (unpaired) electrons. The molecule has 0 aromatic rings. The normalized spacial score (nSPS) is 12.7. The largest absolute Gasteiger partial charge is 0.462 e. The van der Waals surface area contributed by atoms with Gasteiger partial charge in [-0.3, -0.25) is 14.4 Å². The Balaban J connectivity index is 4.23. The molecule has 0 saturated carbocycles. The number of hydrogen-bond donors (Lipinski definition) is 0. The molecular formula is C61H104O6. The van der Waals surface area contributed by atoms with Gasteiger partial charge in [-0.1, -0.05) is 254 Å². The van der Waals surface area contributed by atoms with Crippen LogP contribution < -0.4 is 0 Å². The second-order valence-electron chi connectivity index (χ2n) is 18.5. The Bertz CT molecular complexity index is 1300. The van der Waals surface area contributed by atoms with Crippen LogP contribution in [0.15, 0.2) is 85.1 Å². The maximum absolute atomic E-state index is 12.8. The number of unbranched alkanes of at least 4 members (excludes halogenated alkanes) is 25. The van der Waals surface area contributed by atoms with Crippen molar-refractivity contribution in [1.82, 2.24) is 0 Å². The van der Waals surface area contributed by atoms with E-state index in [0.717, 1.165) is 109 Å². The summed E-state index contributed by atoms with van der Waals surface area (Å²) in [5.74, 6) is -0.924. The van der Waals surface area contributed by atoms with Gasteiger partial charge >= 0.3 is 17.9 Å². The molecule has 0 amide bonds. The van der Waals surface area contributed by atoms with Crippen LogP contribution in [0.2, 0.25) is 0 Å². The van der Waals surface area contributed by atoms with Crippen molar-refractivity contribution in [3.63, 3.8) is 0 Å². The molecule has 0 aliphatic heterocycles. The lowest BCUT2D eigenvalue weighted by Gasteiger charge is -2.18. The fourth-order valence-electron chi connectivity index (χ4n) is 7.72. The van der Waals surface area contributed by atoms with E-state index in [4.69, 9.17) is 14.2 Å². The standard InChI is InChI=1S/C61H104O6/c1-4-7-10-13-16-18-20-22-24-26-28-29-30-31-32-33-34-36-37-39-41-43-45-48-51-54-60(63)66-57-58(56-65-59(62)53-50-47-15-12-9-6-3)67-61(64)55-52-49-46-44-42-40-38-35-27-25-23-21-19-17-14-11-8-5-2/h7,10,16,18,22,24,28-29,31-32,34,36,39,41,58H,4-6,8-9,11-15,17,19-21,23,25-27,30,33,35,37-38,40,42-57H2,1-3H3/b10-7-,18-16-,24-22-,29-28-,32-31-,36-34-,41-39-. The molecule has 0 saturated heterocycles. The maximum Gasteiger partial charge on any atom is 0.306 e. The number of esters is 3. The minimum absolute atomic E-state index is 0.0856. The SMILES string of the molecule is CC/C=C\C/C=C\C/C=C\C/C=C\C/C=C\C/C=C\C/C=C\CCCCCC(=O)OCC(COC(=O)CCCCCCCC)OC(=O)CCCCCCCCCCCCCCCCCCCC. The number of ether oxygens (including phenoxy) is 3. The van der Waals surface area contributed by atoms with Gasteiger partial charge in [-0.15, -0.1) is 0 Å². The minimum Gasteiger partial charge on any atom is -0.462 e. The van der Waals surface area contributed by atoms with Gasteiger partial charge in [0, 0.05) is 19.3 Å². The Morgan fingerprint density at radius 3 is 0.910 bits per heavy atom. The number of carbonyl (C=O) groups excluding carboxylic acids is 3. The topological polar surface area (TPSA) is 78.9 Å². The first-order valence-corrected chi connectivity index (χ1v) is 28.1. The number of rotatable bonds is 50. The van der Waals surface area contributed by atoms with Crippen LogP contribution in [0, 0.1) is 0 Å².